The van der Waals surface area contributed by atoms with Gasteiger partial charge < -0.3 is 10.5 Å². The summed E-state index contributed by atoms with van der Waals surface area (Å²) in [7, 11) is 0. The fourth-order valence-electron chi connectivity index (χ4n) is 1.40. The van der Waals surface area contributed by atoms with E-state index in [4.69, 9.17) is 10.5 Å². The van der Waals surface area contributed by atoms with Gasteiger partial charge in [-0.15, -0.1) is 0 Å². The standard InChI is InChI=1S/C11H10F3N5O/c1-6(7-2-3-17-10(15)18-7)20-9-5-16-4-8(19-9)11(12,13)14/h2-6H,1H3,(H2,15,17,18). The molecule has 2 aromatic rings. The zero-order chi connectivity index (χ0) is 14.8. The van der Waals surface area contributed by atoms with Gasteiger partial charge in [0, 0.05) is 6.20 Å². The Morgan fingerprint density at radius 1 is 1.25 bits per heavy atom. The molecule has 1 unspecified atom stereocenters. The van der Waals surface area contributed by atoms with Crippen LogP contribution in [0.25, 0.3) is 0 Å². The highest BCUT2D eigenvalue weighted by Crippen LogP contribution is 2.28. The normalized spacial score (nSPS) is 13.0. The SMILES string of the molecule is CC(Oc1cncc(C(F)(F)F)n1)c1ccnc(N)n1. The van der Waals surface area contributed by atoms with E-state index in [1.807, 2.05) is 0 Å². The van der Waals surface area contributed by atoms with Crippen molar-refractivity contribution >= 4 is 5.95 Å². The molecule has 9 heteroatoms. The van der Waals surface area contributed by atoms with Crippen LogP contribution in [-0.2, 0) is 6.18 Å². The lowest BCUT2D eigenvalue weighted by atomic mass is 10.3. The monoisotopic (exact) mass is 285 g/mol. The molecule has 0 saturated carbocycles. The second-order valence-electron chi connectivity index (χ2n) is 3.84. The Morgan fingerprint density at radius 2 is 2.00 bits per heavy atom. The summed E-state index contributed by atoms with van der Waals surface area (Å²) in [5.74, 6) is -0.197. The third-order valence-corrected chi connectivity index (χ3v) is 2.31. The summed E-state index contributed by atoms with van der Waals surface area (Å²) in [6, 6.07) is 1.54. The van der Waals surface area contributed by atoms with Gasteiger partial charge in [0.2, 0.25) is 11.8 Å². The van der Waals surface area contributed by atoms with Crippen LogP contribution in [0.3, 0.4) is 0 Å². The maximum atomic E-state index is 12.5. The van der Waals surface area contributed by atoms with Gasteiger partial charge >= 0.3 is 6.18 Å². The van der Waals surface area contributed by atoms with Crippen LogP contribution in [0, 0.1) is 0 Å². The molecule has 2 aromatic heterocycles. The third kappa shape index (κ3) is 3.31. The summed E-state index contributed by atoms with van der Waals surface area (Å²) in [5, 5.41) is 0. The molecule has 0 aliphatic heterocycles. The van der Waals surface area contributed by atoms with Crippen molar-refractivity contribution in [2.75, 3.05) is 5.73 Å². The van der Waals surface area contributed by atoms with Crippen LogP contribution in [-0.4, -0.2) is 19.9 Å². The lowest BCUT2D eigenvalue weighted by Gasteiger charge is -2.14. The highest BCUT2D eigenvalue weighted by Gasteiger charge is 2.33. The molecule has 1 atom stereocenters. The molecule has 106 valence electrons. The first-order valence-electron chi connectivity index (χ1n) is 5.50. The maximum Gasteiger partial charge on any atom is 0.435 e. The molecule has 0 fully saturated rings. The summed E-state index contributed by atoms with van der Waals surface area (Å²) >= 11 is 0. The van der Waals surface area contributed by atoms with Gasteiger partial charge in [-0.25, -0.2) is 15.0 Å². The minimum Gasteiger partial charge on any atom is -0.467 e. The summed E-state index contributed by atoms with van der Waals surface area (Å²) < 4.78 is 42.7. The van der Waals surface area contributed by atoms with Gasteiger partial charge in [-0.3, -0.25) is 4.98 Å². The first kappa shape index (κ1) is 14.0. The van der Waals surface area contributed by atoms with Crippen molar-refractivity contribution in [3.63, 3.8) is 0 Å². The van der Waals surface area contributed by atoms with Gasteiger partial charge in [-0.1, -0.05) is 0 Å². The predicted molar refractivity (Wildman–Crippen MR) is 62.5 cm³/mol. The van der Waals surface area contributed by atoms with Crippen LogP contribution >= 0.6 is 0 Å². The molecule has 0 spiro atoms. The van der Waals surface area contributed by atoms with Gasteiger partial charge in [-0.05, 0) is 13.0 Å². The van der Waals surface area contributed by atoms with Gasteiger partial charge in [-0.2, -0.15) is 13.2 Å². The highest BCUT2D eigenvalue weighted by molar-refractivity contribution is 5.19. The lowest BCUT2D eigenvalue weighted by Crippen LogP contribution is -2.12. The van der Waals surface area contributed by atoms with Crippen LogP contribution in [0.1, 0.15) is 24.4 Å². The largest absolute Gasteiger partial charge is 0.467 e. The fourth-order valence-corrected chi connectivity index (χ4v) is 1.40. The van der Waals surface area contributed by atoms with E-state index in [0.29, 0.717) is 11.9 Å². The Morgan fingerprint density at radius 3 is 2.65 bits per heavy atom. The predicted octanol–water partition coefficient (Wildman–Crippen LogP) is 2.01. The number of alkyl halides is 3. The molecular weight excluding hydrogens is 275 g/mol. The first-order chi connectivity index (χ1) is 9.36. The van der Waals surface area contributed by atoms with Crippen molar-refractivity contribution in [1.82, 2.24) is 19.9 Å². The molecule has 20 heavy (non-hydrogen) atoms. The number of nitrogen functional groups attached to an aromatic ring is 1. The van der Waals surface area contributed by atoms with Gasteiger partial charge in [0.05, 0.1) is 18.1 Å². The molecule has 0 aliphatic carbocycles. The Balaban J connectivity index is 2.18. The molecule has 0 radical (unpaired) electrons. The second kappa shape index (κ2) is 5.27. The third-order valence-electron chi connectivity index (χ3n) is 2.31. The Bertz CT molecular complexity index is 605. The van der Waals surface area contributed by atoms with Gasteiger partial charge in [0.25, 0.3) is 0 Å². The zero-order valence-electron chi connectivity index (χ0n) is 10.3. The average Bonchev–Trinajstić information content (AvgIpc) is 2.38. The Hall–Kier alpha value is -2.45. The zero-order valence-corrected chi connectivity index (χ0v) is 10.3. The number of aromatic nitrogens is 4. The number of ether oxygens (including phenoxy) is 1. The van der Waals surface area contributed by atoms with Crippen LogP contribution in [0.4, 0.5) is 19.1 Å². The number of hydrogen-bond acceptors (Lipinski definition) is 6. The van der Waals surface area contributed by atoms with E-state index >= 15 is 0 Å². The lowest BCUT2D eigenvalue weighted by molar-refractivity contribution is -0.141. The van der Waals surface area contributed by atoms with Gasteiger partial charge in [0.15, 0.2) is 5.69 Å². The molecule has 2 heterocycles. The molecule has 2 rings (SSSR count). The highest BCUT2D eigenvalue weighted by atomic mass is 19.4. The topological polar surface area (TPSA) is 86.8 Å². The molecule has 0 aromatic carbocycles. The quantitative estimate of drug-likeness (QED) is 0.928. The van der Waals surface area contributed by atoms with E-state index in [9.17, 15) is 13.2 Å². The molecule has 0 saturated heterocycles. The maximum absolute atomic E-state index is 12.5. The number of nitrogens with two attached hydrogens (primary N) is 1. The van der Waals surface area contributed by atoms with E-state index in [-0.39, 0.29) is 11.8 Å². The van der Waals surface area contributed by atoms with Crippen molar-refractivity contribution in [2.24, 2.45) is 0 Å². The molecule has 2 N–H and O–H groups in total. The molecule has 0 aliphatic rings. The summed E-state index contributed by atoms with van der Waals surface area (Å²) in [6.07, 6.45) is -2.07. The fraction of sp³-hybridized carbons (Fsp3) is 0.273. The average molecular weight is 285 g/mol. The van der Waals surface area contributed by atoms with Crippen molar-refractivity contribution in [3.05, 3.63) is 36.0 Å². The van der Waals surface area contributed by atoms with E-state index in [2.05, 4.69) is 19.9 Å². The number of rotatable bonds is 3. The van der Waals surface area contributed by atoms with Crippen LogP contribution in [0.2, 0.25) is 0 Å². The van der Waals surface area contributed by atoms with Crippen molar-refractivity contribution in [1.29, 1.82) is 0 Å². The molecule has 0 amide bonds. The van der Waals surface area contributed by atoms with E-state index in [1.54, 1.807) is 13.0 Å². The van der Waals surface area contributed by atoms with Crippen molar-refractivity contribution < 1.29 is 17.9 Å². The summed E-state index contributed by atoms with van der Waals surface area (Å²) in [6.45, 7) is 1.60. The first-order valence-corrected chi connectivity index (χ1v) is 5.50. The minimum absolute atomic E-state index is 0.0491. The van der Waals surface area contributed by atoms with Crippen LogP contribution < -0.4 is 10.5 Å². The second-order valence-corrected chi connectivity index (χ2v) is 3.84. The number of halogens is 3. The molecule has 6 nitrogen and oxygen atoms in total. The van der Waals surface area contributed by atoms with E-state index < -0.39 is 18.0 Å². The van der Waals surface area contributed by atoms with Crippen molar-refractivity contribution in [2.45, 2.75) is 19.2 Å². The minimum atomic E-state index is -4.57. The number of hydrogen-bond donors (Lipinski definition) is 1. The molecule has 0 bridgehead atoms. The summed E-state index contributed by atoms with van der Waals surface area (Å²) in [4.78, 5) is 14.4. The smallest absolute Gasteiger partial charge is 0.435 e. The number of anilines is 1. The molecular formula is C11H10F3N5O. The summed E-state index contributed by atoms with van der Waals surface area (Å²) in [5.41, 5.74) is 4.72. The van der Waals surface area contributed by atoms with E-state index in [1.165, 1.54) is 6.20 Å². The Kier molecular flexibility index (Phi) is 3.68. The van der Waals surface area contributed by atoms with Gasteiger partial charge in [0.1, 0.15) is 6.10 Å². The van der Waals surface area contributed by atoms with Crippen LogP contribution in [0.15, 0.2) is 24.7 Å². The number of nitrogens with zero attached hydrogens (tertiary/aromatic N) is 4. The Labute approximate surface area is 111 Å². The van der Waals surface area contributed by atoms with E-state index in [0.717, 1.165) is 6.20 Å². The van der Waals surface area contributed by atoms with Crippen LogP contribution in [0.5, 0.6) is 5.88 Å². The van der Waals surface area contributed by atoms with Crippen molar-refractivity contribution in [3.8, 4) is 5.88 Å².